The van der Waals surface area contributed by atoms with E-state index in [-0.39, 0.29) is 5.75 Å². The average molecular weight is 279 g/mol. The number of nitrogens with two attached hydrogens (primary N) is 2. The Bertz CT molecular complexity index is 619. The van der Waals surface area contributed by atoms with Crippen molar-refractivity contribution in [3.63, 3.8) is 0 Å². The van der Waals surface area contributed by atoms with Crippen LogP contribution in [0.2, 0.25) is 0 Å². The van der Waals surface area contributed by atoms with Crippen LogP contribution < -0.4 is 21.7 Å². The third-order valence-electron chi connectivity index (χ3n) is 3.04. The summed E-state index contributed by atoms with van der Waals surface area (Å²) in [5.74, 6) is 4.65. The van der Waals surface area contributed by atoms with Crippen molar-refractivity contribution < 1.29 is 13.5 Å². The summed E-state index contributed by atoms with van der Waals surface area (Å²) in [5, 5.41) is 0. The minimum absolute atomic E-state index is 0.122. The van der Waals surface area contributed by atoms with E-state index in [4.69, 9.17) is 16.3 Å². The van der Waals surface area contributed by atoms with E-state index in [1.54, 1.807) is 6.07 Å². The summed E-state index contributed by atoms with van der Waals surface area (Å²) in [4.78, 5) is 0. The van der Waals surface area contributed by atoms with Gasteiger partial charge in [-0.2, -0.15) is 0 Å². The predicted molar refractivity (Wildman–Crippen MR) is 72.9 cm³/mol. The van der Waals surface area contributed by atoms with Gasteiger partial charge in [0.05, 0.1) is 13.2 Å². The van der Waals surface area contributed by atoms with Crippen LogP contribution in [0.1, 0.15) is 17.2 Å². The molecule has 0 aliphatic carbocycles. The molecule has 0 aliphatic heterocycles. The Kier molecular flexibility index (Phi) is 4.16. The third-order valence-corrected chi connectivity index (χ3v) is 3.04. The fourth-order valence-electron chi connectivity index (χ4n) is 2.02. The molecule has 0 radical (unpaired) electrons. The number of hydrogen-bond acceptors (Lipinski definition) is 4. The van der Waals surface area contributed by atoms with Gasteiger partial charge in [-0.05, 0) is 35.9 Å². The number of nitrogens with one attached hydrogen (secondary N) is 1. The molecule has 0 fully saturated rings. The van der Waals surface area contributed by atoms with Crippen LogP contribution in [0.3, 0.4) is 0 Å². The Morgan fingerprint density at radius 1 is 1.15 bits per heavy atom. The molecule has 0 bridgehead atoms. The average Bonchev–Trinajstić information content (AvgIpc) is 2.44. The van der Waals surface area contributed by atoms with Gasteiger partial charge >= 0.3 is 0 Å². The first-order chi connectivity index (χ1) is 9.56. The molecule has 2 aromatic carbocycles. The van der Waals surface area contributed by atoms with E-state index in [0.29, 0.717) is 16.8 Å². The summed E-state index contributed by atoms with van der Waals surface area (Å²) in [7, 11) is 1.38. The summed E-state index contributed by atoms with van der Waals surface area (Å²) >= 11 is 0. The summed E-state index contributed by atoms with van der Waals surface area (Å²) in [5.41, 5.74) is 9.65. The van der Waals surface area contributed by atoms with E-state index < -0.39 is 17.7 Å². The fraction of sp³-hybridized carbons (Fsp3) is 0.143. The number of halogens is 2. The van der Waals surface area contributed by atoms with Gasteiger partial charge in [0.25, 0.3) is 0 Å². The summed E-state index contributed by atoms with van der Waals surface area (Å²) in [6.07, 6.45) is 0. The predicted octanol–water partition coefficient (Wildman–Crippen LogP) is 2.11. The Morgan fingerprint density at radius 3 is 2.50 bits per heavy atom. The Balaban J connectivity index is 2.46. The van der Waals surface area contributed by atoms with E-state index in [0.717, 1.165) is 0 Å². The van der Waals surface area contributed by atoms with Gasteiger partial charge in [-0.15, -0.1) is 0 Å². The molecule has 0 heterocycles. The SMILES string of the molecule is COc1ccc(C(NN)c2cc(F)ccc2N)cc1F. The van der Waals surface area contributed by atoms with E-state index >= 15 is 0 Å². The quantitative estimate of drug-likeness (QED) is 0.455. The molecule has 0 aromatic heterocycles. The molecule has 2 aromatic rings. The topological polar surface area (TPSA) is 73.3 Å². The van der Waals surface area contributed by atoms with Gasteiger partial charge in [-0.3, -0.25) is 5.84 Å². The fourth-order valence-corrected chi connectivity index (χ4v) is 2.02. The molecule has 5 N–H and O–H groups in total. The summed E-state index contributed by atoms with van der Waals surface area (Å²) in [6.45, 7) is 0. The van der Waals surface area contributed by atoms with E-state index in [9.17, 15) is 8.78 Å². The first kappa shape index (κ1) is 14.2. The van der Waals surface area contributed by atoms with Gasteiger partial charge in [-0.1, -0.05) is 6.07 Å². The molecule has 6 heteroatoms. The number of ether oxygens (including phenoxy) is 1. The van der Waals surface area contributed by atoms with Crippen LogP contribution in [-0.4, -0.2) is 7.11 Å². The smallest absolute Gasteiger partial charge is 0.165 e. The number of methoxy groups -OCH3 is 1. The van der Waals surface area contributed by atoms with E-state index in [1.165, 1.54) is 37.4 Å². The van der Waals surface area contributed by atoms with E-state index in [1.807, 2.05) is 0 Å². The largest absolute Gasteiger partial charge is 0.494 e. The van der Waals surface area contributed by atoms with Crippen molar-refractivity contribution in [2.45, 2.75) is 6.04 Å². The highest BCUT2D eigenvalue weighted by Crippen LogP contribution is 2.29. The van der Waals surface area contributed by atoms with Crippen molar-refractivity contribution in [3.05, 3.63) is 59.2 Å². The molecule has 0 saturated heterocycles. The molecule has 2 rings (SSSR count). The van der Waals surface area contributed by atoms with Crippen molar-refractivity contribution in [2.75, 3.05) is 12.8 Å². The number of benzene rings is 2. The molecule has 1 unspecified atom stereocenters. The van der Waals surface area contributed by atoms with Crippen LogP contribution in [0, 0.1) is 11.6 Å². The van der Waals surface area contributed by atoms with Crippen molar-refractivity contribution in [1.29, 1.82) is 0 Å². The highest BCUT2D eigenvalue weighted by molar-refractivity contribution is 5.52. The van der Waals surface area contributed by atoms with Crippen LogP contribution in [-0.2, 0) is 0 Å². The van der Waals surface area contributed by atoms with Crippen LogP contribution in [0.5, 0.6) is 5.75 Å². The van der Waals surface area contributed by atoms with Crippen LogP contribution in [0.15, 0.2) is 36.4 Å². The molecular formula is C14H15F2N3O. The van der Waals surface area contributed by atoms with Gasteiger partial charge in [0.1, 0.15) is 5.82 Å². The normalized spacial score (nSPS) is 12.2. The lowest BCUT2D eigenvalue weighted by Crippen LogP contribution is -2.29. The molecule has 0 amide bonds. The molecule has 106 valence electrons. The molecular weight excluding hydrogens is 264 g/mol. The second-order valence-electron chi connectivity index (χ2n) is 4.27. The Hall–Kier alpha value is -2.18. The number of hydrogen-bond donors (Lipinski definition) is 3. The third kappa shape index (κ3) is 2.71. The molecule has 20 heavy (non-hydrogen) atoms. The maximum atomic E-state index is 13.7. The van der Waals surface area contributed by atoms with Gasteiger partial charge in [-0.25, -0.2) is 14.2 Å². The monoisotopic (exact) mass is 279 g/mol. The molecule has 4 nitrogen and oxygen atoms in total. The number of nitrogen functional groups attached to an aromatic ring is 1. The molecule has 0 spiro atoms. The molecule has 0 saturated carbocycles. The molecule has 0 aliphatic rings. The summed E-state index contributed by atoms with van der Waals surface area (Å²) < 4.78 is 31.9. The Morgan fingerprint density at radius 2 is 1.90 bits per heavy atom. The lowest BCUT2D eigenvalue weighted by atomic mass is 9.97. The maximum absolute atomic E-state index is 13.7. The van der Waals surface area contributed by atoms with Gasteiger partial charge in [0.15, 0.2) is 11.6 Å². The second-order valence-corrected chi connectivity index (χ2v) is 4.27. The lowest BCUT2D eigenvalue weighted by molar-refractivity contribution is 0.385. The van der Waals surface area contributed by atoms with Crippen molar-refractivity contribution in [2.24, 2.45) is 5.84 Å². The standard InChI is InChI=1S/C14H15F2N3O/c1-20-13-5-2-8(6-11(13)16)14(19-18)10-7-9(15)3-4-12(10)17/h2-7,14,19H,17-18H2,1H3. The van der Waals surface area contributed by atoms with Crippen molar-refractivity contribution >= 4 is 5.69 Å². The van der Waals surface area contributed by atoms with E-state index in [2.05, 4.69) is 5.43 Å². The van der Waals surface area contributed by atoms with Gasteiger partial charge in [0.2, 0.25) is 0 Å². The summed E-state index contributed by atoms with van der Waals surface area (Å²) in [6, 6.07) is 7.72. The zero-order chi connectivity index (χ0) is 14.7. The minimum atomic E-state index is -0.619. The maximum Gasteiger partial charge on any atom is 0.165 e. The second kappa shape index (κ2) is 5.85. The molecule has 1 atom stereocenters. The van der Waals surface area contributed by atoms with Crippen LogP contribution >= 0.6 is 0 Å². The first-order valence-electron chi connectivity index (χ1n) is 5.91. The minimum Gasteiger partial charge on any atom is -0.494 e. The first-order valence-corrected chi connectivity index (χ1v) is 5.91. The van der Waals surface area contributed by atoms with Gasteiger partial charge < -0.3 is 10.5 Å². The Labute approximate surface area is 115 Å². The zero-order valence-corrected chi connectivity index (χ0v) is 10.9. The zero-order valence-electron chi connectivity index (χ0n) is 10.9. The van der Waals surface area contributed by atoms with Crippen LogP contribution in [0.4, 0.5) is 14.5 Å². The van der Waals surface area contributed by atoms with Gasteiger partial charge in [0, 0.05) is 11.3 Å². The number of rotatable bonds is 4. The highest BCUT2D eigenvalue weighted by atomic mass is 19.1. The van der Waals surface area contributed by atoms with Crippen molar-refractivity contribution in [3.8, 4) is 5.75 Å². The highest BCUT2D eigenvalue weighted by Gasteiger charge is 2.17. The van der Waals surface area contributed by atoms with Crippen molar-refractivity contribution in [1.82, 2.24) is 5.43 Å². The van der Waals surface area contributed by atoms with Crippen LogP contribution in [0.25, 0.3) is 0 Å². The lowest BCUT2D eigenvalue weighted by Gasteiger charge is -2.19. The number of hydrazine groups is 1. The number of anilines is 1.